The standard InChI is InChI=1S/C18H16ClF3N2O4S/c1-28-15-9-11(3-8-14(15)19)16-23-17(25,18(20,21)22)10-24(16)12-4-6-13(7-5-12)29(2,26)27/h3-9,25H,10H2,1-2H3. The summed E-state index contributed by atoms with van der Waals surface area (Å²) >= 11 is 5.98. The fraction of sp³-hybridized carbons (Fsp3) is 0.278. The maximum Gasteiger partial charge on any atom is 0.440 e. The third kappa shape index (κ3) is 4.05. The Kier molecular flexibility index (Phi) is 5.31. The number of alkyl halides is 3. The number of nitrogens with zero attached hydrogens (tertiary/aromatic N) is 2. The molecule has 1 aliphatic rings. The fourth-order valence-corrected chi connectivity index (χ4v) is 3.65. The first-order valence-electron chi connectivity index (χ1n) is 8.16. The first-order valence-corrected chi connectivity index (χ1v) is 10.4. The van der Waals surface area contributed by atoms with Crippen LogP contribution < -0.4 is 9.64 Å². The highest BCUT2D eigenvalue weighted by atomic mass is 35.5. The van der Waals surface area contributed by atoms with Crippen LogP contribution in [0, 0.1) is 0 Å². The molecule has 0 spiro atoms. The number of methoxy groups -OCH3 is 1. The number of hydrogen-bond acceptors (Lipinski definition) is 6. The Bertz CT molecular complexity index is 1070. The van der Waals surface area contributed by atoms with Crippen LogP contribution in [0.3, 0.4) is 0 Å². The topological polar surface area (TPSA) is 79.2 Å². The van der Waals surface area contributed by atoms with Gasteiger partial charge in [0.2, 0.25) is 0 Å². The van der Waals surface area contributed by atoms with Gasteiger partial charge >= 0.3 is 6.18 Å². The van der Waals surface area contributed by atoms with E-state index in [-0.39, 0.29) is 32.8 Å². The van der Waals surface area contributed by atoms with Crippen LogP contribution in [-0.4, -0.2) is 51.2 Å². The van der Waals surface area contributed by atoms with Crippen LogP contribution >= 0.6 is 11.6 Å². The van der Waals surface area contributed by atoms with E-state index in [2.05, 4.69) is 4.99 Å². The molecule has 0 fully saturated rings. The quantitative estimate of drug-likeness (QED) is 0.776. The Hall–Kier alpha value is -2.30. The summed E-state index contributed by atoms with van der Waals surface area (Å²) in [4.78, 5) is 4.72. The smallest absolute Gasteiger partial charge is 0.440 e. The van der Waals surface area contributed by atoms with Gasteiger partial charge in [-0.05, 0) is 42.5 Å². The second-order valence-corrected chi connectivity index (χ2v) is 8.87. The number of halogens is 4. The van der Waals surface area contributed by atoms with E-state index in [4.69, 9.17) is 16.3 Å². The summed E-state index contributed by atoms with van der Waals surface area (Å²) in [6.07, 6.45) is -4.00. The number of benzene rings is 2. The Balaban J connectivity index is 2.11. The van der Waals surface area contributed by atoms with E-state index in [1.165, 1.54) is 49.6 Å². The van der Waals surface area contributed by atoms with Gasteiger partial charge in [-0.2, -0.15) is 13.2 Å². The molecule has 156 valence electrons. The number of aliphatic hydroxyl groups is 1. The third-order valence-electron chi connectivity index (χ3n) is 4.36. The van der Waals surface area contributed by atoms with Crippen LogP contribution in [0.4, 0.5) is 18.9 Å². The molecule has 0 saturated carbocycles. The van der Waals surface area contributed by atoms with Gasteiger partial charge in [0.1, 0.15) is 11.6 Å². The van der Waals surface area contributed by atoms with Crippen LogP contribution in [0.5, 0.6) is 5.75 Å². The Labute approximate surface area is 170 Å². The molecule has 11 heteroatoms. The van der Waals surface area contributed by atoms with E-state index < -0.39 is 28.3 Å². The minimum atomic E-state index is -5.02. The largest absolute Gasteiger partial charge is 0.495 e. The molecule has 1 N–H and O–H groups in total. The highest BCUT2D eigenvalue weighted by Gasteiger charge is 2.59. The van der Waals surface area contributed by atoms with Gasteiger partial charge in [-0.1, -0.05) is 11.6 Å². The summed E-state index contributed by atoms with van der Waals surface area (Å²) in [5.74, 6) is 0.0635. The van der Waals surface area contributed by atoms with Gasteiger partial charge in [-0.25, -0.2) is 13.4 Å². The van der Waals surface area contributed by atoms with E-state index in [9.17, 15) is 26.7 Å². The van der Waals surface area contributed by atoms with Gasteiger partial charge < -0.3 is 14.7 Å². The molecule has 1 heterocycles. The van der Waals surface area contributed by atoms with Crippen LogP contribution in [0.25, 0.3) is 0 Å². The molecule has 0 bridgehead atoms. The lowest BCUT2D eigenvalue weighted by Crippen LogP contribution is -2.47. The van der Waals surface area contributed by atoms with Gasteiger partial charge in [-0.3, -0.25) is 0 Å². The lowest BCUT2D eigenvalue weighted by atomic mass is 10.1. The number of amidine groups is 1. The number of β-amino-alcohol motifs (C(OH)–C–C–N with tert-alkyl or cyclic N) is 1. The second kappa shape index (κ2) is 7.19. The zero-order valence-corrected chi connectivity index (χ0v) is 16.8. The number of aliphatic imine (C=N–C) groups is 1. The first-order chi connectivity index (χ1) is 13.4. The Morgan fingerprint density at radius 1 is 1.21 bits per heavy atom. The zero-order chi connectivity index (χ0) is 21.6. The minimum Gasteiger partial charge on any atom is -0.495 e. The number of anilines is 1. The van der Waals surface area contributed by atoms with E-state index >= 15 is 0 Å². The second-order valence-electron chi connectivity index (χ2n) is 6.45. The molecule has 0 aromatic heterocycles. The average molecular weight is 449 g/mol. The minimum absolute atomic E-state index is 0.0122. The van der Waals surface area contributed by atoms with Crippen molar-refractivity contribution in [1.29, 1.82) is 0 Å². The number of hydrogen-bond donors (Lipinski definition) is 1. The molecule has 1 unspecified atom stereocenters. The van der Waals surface area contributed by atoms with Gasteiger partial charge in [0, 0.05) is 17.5 Å². The fourth-order valence-electron chi connectivity index (χ4n) is 2.83. The molecule has 1 atom stereocenters. The van der Waals surface area contributed by atoms with Crippen molar-refractivity contribution in [2.45, 2.75) is 16.8 Å². The molecule has 3 rings (SSSR count). The molecule has 0 aliphatic carbocycles. The summed E-state index contributed by atoms with van der Waals surface area (Å²) in [5.41, 5.74) is -2.87. The predicted molar refractivity (Wildman–Crippen MR) is 102 cm³/mol. The lowest BCUT2D eigenvalue weighted by Gasteiger charge is -2.25. The van der Waals surface area contributed by atoms with E-state index in [1.54, 1.807) is 0 Å². The maximum atomic E-state index is 13.4. The summed E-state index contributed by atoms with van der Waals surface area (Å²) in [5, 5.41) is 10.4. The van der Waals surface area contributed by atoms with Crippen molar-refractivity contribution in [1.82, 2.24) is 0 Å². The van der Waals surface area contributed by atoms with Gasteiger partial charge in [0.15, 0.2) is 9.84 Å². The summed E-state index contributed by atoms with van der Waals surface area (Å²) < 4.78 is 68.7. The summed E-state index contributed by atoms with van der Waals surface area (Å²) in [7, 11) is -2.12. The maximum absolute atomic E-state index is 13.4. The molecule has 2 aromatic carbocycles. The molecule has 0 amide bonds. The van der Waals surface area contributed by atoms with Gasteiger partial charge in [0.25, 0.3) is 5.72 Å². The molecule has 6 nitrogen and oxygen atoms in total. The SMILES string of the molecule is COc1cc(C2=NC(O)(C(F)(F)F)CN2c2ccc(S(C)(=O)=O)cc2)ccc1Cl. The average Bonchev–Trinajstić information content (AvgIpc) is 3.00. The van der Waals surface area contributed by atoms with E-state index in [0.717, 1.165) is 11.2 Å². The van der Waals surface area contributed by atoms with Crippen LogP contribution in [0.2, 0.25) is 5.02 Å². The van der Waals surface area contributed by atoms with Crippen LogP contribution in [0.15, 0.2) is 52.4 Å². The molecular formula is C18H16ClF3N2O4S. The lowest BCUT2D eigenvalue weighted by molar-refractivity contribution is -0.249. The summed E-state index contributed by atoms with van der Waals surface area (Å²) in [6, 6.07) is 9.53. The number of sulfone groups is 1. The van der Waals surface area contributed by atoms with E-state index in [0.29, 0.717) is 0 Å². The van der Waals surface area contributed by atoms with Gasteiger partial charge in [0.05, 0.1) is 23.6 Å². The van der Waals surface area contributed by atoms with Crippen molar-refractivity contribution in [3.05, 3.63) is 53.1 Å². The number of rotatable bonds is 4. The zero-order valence-electron chi connectivity index (χ0n) is 15.2. The monoisotopic (exact) mass is 448 g/mol. The molecule has 1 aliphatic heterocycles. The Morgan fingerprint density at radius 3 is 2.34 bits per heavy atom. The van der Waals surface area contributed by atoms with Gasteiger partial charge in [-0.15, -0.1) is 0 Å². The highest BCUT2D eigenvalue weighted by Crippen LogP contribution is 2.39. The molecule has 0 saturated heterocycles. The molecular weight excluding hydrogens is 433 g/mol. The van der Waals surface area contributed by atoms with Crippen molar-refractivity contribution in [3.8, 4) is 5.75 Å². The Morgan fingerprint density at radius 2 is 1.83 bits per heavy atom. The van der Waals surface area contributed by atoms with Crippen molar-refractivity contribution in [2.24, 2.45) is 4.99 Å². The predicted octanol–water partition coefficient (Wildman–Crippen LogP) is 3.27. The first kappa shape index (κ1) is 21.4. The van der Waals surface area contributed by atoms with Crippen LogP contribution in [0.1, 0.15) is 5.56 Å². The molecule has 2 aromatic rings. The summed E-state index contributed by atoms with van der Waals surface area (Å²) in [6.45, 7) is -0.894. The normalized spacial score (nSPS) is 20.0. The molecule has 0 radical (unpaired) electrons. The highest BCUT2D eigenvalue weighted by molar-refractivity contribution is 7.90. The number of ether oxygens (including phenoxy) is 1. The van der Waals surface area contributed by atoms with Crippen molar-refractivity contribution < 1.29 is 31.4 Å². The van der Waals surface area contributed by atoms with E-state index in [1.807, 2.05) is 0 Å². The third-order valence-corrected chi connectivity index (χ3v) is 5.81. The van der Waals surface area contributed by atoms with Crippen molar-refractivity contribution >= 4 is 33.0 Å². The molecule has 29 heavy (non-hydrogen) atoms. The van der Waals surface area contributed by atoms with Crippen LogP contribution in [-0.2, 0) is 9.84 Å². The van der Waals surface area contributed by atoms with Crippen molar-refractivity contribution in [2.75, 3.05) is 24.8 Å². The van der Waals surface area contributed by atoms with Crippen molar-refractivity contribution in [3.63, 3.8) is 0 Å².